The van der Waals surface area contributed by atoms with E-state index in [0.29, 0.717) is 22.8 Å². The van der Waals surface area contributed by atoms with Crippen LogP contribution in [0.2, 0.25) is 0 Å². The van der Waals surface area contributed by atoms with Crippen LogP contribution in [0.25, 0.3) is 0 Å². The van der Waals surface area contributed by atoms with Crippen LogP contribution in [0.3, 0.4) is 0 Å². The predicted octanol–water partition coefficient (Wildman–Crippen LogP) is 3.20. The van der Waals surface area contributed by atoms with Gasteiger partial charge in [-0.05, 0) is 36.9 Å². The lowest BCUT2D eigenvalue weighted by atomic mass is 10.1. The van der Waals surface area contributed by atoms with Gasteiger partial charge in [0.2, 0.25) is 0 Å². The Morgan fingerprint density at radius 1 is 1.00 bits per heavy atom. The van der Waals surface area contributed by atoms with Crippen LogP contribution >= 0.6 is 11.3 Å². The van der Waals surface area contributed by atoms with Crippen LogP contribution in [0.5, 0.6) is 0 Å². The van der Waals surface area contributed by atoms with Crippen molar-refractivity contribution in [2.45, 2.75) is 6.54 Å². The van der Waals surface area contributed by atoms with E-state index in [2.05, 4.69) is 27.6 Å². The van der Waals surface area contributed by atoms with Crippen molar-refractivity contribution in [3.63, 3.8) is 0 Å². The highest BCUT2D eigenvalue weighted by Gasteiger charge is 2.20. The highest BCUT2D eigenvalue weighted by atomic mass is 32.1. The molecule has 0 bridgehead atoms. The molecular weight excluding hydrogens is 410 g/mol. The summed E-state index contributed by atoms with van der Waals surface area (Å²) in [6, 6.07) is 17.1. The van der Waals surface area contributed by atoms with Crippen molar-refractivity contribution in [2.75, 3.05) is 38.5 Å². The number of likely N-dealkylation sites (N-methyl/N-ethyl adjacent to an activating group) is 1. The second-order valence-electron chi connectivity index (χ2n) is 7.50. The summed E-state index contributed by atoms with van der Waals surface area (Å²) in [6.07, 6.45) is 0. The largest absolute Gasteiger partial charge is 0.347 e. The van der Waals surface area contributed by atoms with Gasteiger partial charge < -0.3 is 20.4 Å². The molecule has 2 aromatic carbocycles. The van der Waals surface area contributed by atoms with E-state index in [0.717, 1.165) is 37.4 Å². The Labute approximate surface area is 185 Å². The second kappa shape index (κ2) is 9.72. The van der Waals surface area contributed by atoms with Crippen LogP contribution in [-0.2, 0) is 6.54 Å². The number of aromatic nitrogens is 1. The summed E-state index contributed by atoms with van der Waals surface area (Å²) in [5, 5.41) is 6.85. The maximum atomic E-state index is 12.7. The van der Waals surface area contributed by atoms with E-state index in [1.165, 1.54) is 11.3 Å². The summed E-state index contributed by atoms with van der Waals surface area (Å²) in [4.78, 5) is 33.6. The first-order valence-electron chi connectivity index (χ1n) is 10.2. The third kappa shape index (κ3) is 5.28. The molecule has 4 rings (SSSR count). The van der Waals surface area contributed by atoms with Gasteiger partial charge in [0.1, 0.15) is 5.00 Å². The molecule has 2 N–H and O–H groups in total. The van der Waals surface area contributed by atoms with Crippen LogP contribution in [0.1, 0.15) is 26.4 Å². The summed E-state index contributed by atoms with van der Waals surface area (Å²) >= 11 is 1.38. The van der Waals surface area contributed by atoms with Crippen molar-refractivity contribution in [3.8, 4) is 0 Å². The molecule has 0 aliphatic carbocycles. The molecule has 160 valence electrons. The number of para-hydroxylation sites is 1. The normalized spacial score (nSPS) is 14.3. The number of carbonyl (C=O) groups excluding carboxylic acids is 2. The van der Waals surface area contributed by atoms with Gasteiger partial charge in [-0.1, -0.05) is 30.3 Å². The maximum Gasteiger partial charge on any atom is 0.273 e. The Balaban J connectivity index is 1.33. The molecule has 0 unspecified atom stereocenters. The monoisotopic (exact) mass is 435 g/mol. The molecule has 0 saturated carbocycles. The van der Waals surface area contributed by atoms with Gasteiger partial charge in [0, 0.05) is 44.0 Å². The number of nitrogens with one attached hydrogen (secondary N) is 2. The van der Waals surface area contributed by atoms with Crippen molar-refractivity contribution in [1.29, 1.82) is 0 Å². The fourth-order valence-electron chi connectivity index (χ4n) is 3.37. The number of carbonyl (C=O) groups is 2. The number of amides is 2. The SMILES string of the molecule is CN1CCN(C(=O)c2ccc(CNC(=O)c3ncsc3Nc3ccccc3)cc2)CC1. The van der Waals surface area contributed by atoms with Crippen molar-refractivity contribution in [3.05, 3.63) is 76.9 Å². The average Bonchev–Trinajstić information content (AvgIpc) is 3.27. The second-order valence-corrected chi connectivity index (χ2v) is 8.35. The minimum atomic E-state index is -0.239. The predicted molar refractivity (Wildman–Crippen MR) is 123 cm³/mol. The Bertz CT molecular complexity index is 1030. The van der Waals surface area contributed by atoms with Crippen LogP contribution in [0.15, 0.2) is 60.1 Å². The number of benzene rings is 2. The number of thiazole rings is 1. The van der Waals surface area contributed by atoms with Gasteiger partial charge >= 0.3 is 0 Å². The van der Waals surface area contributed by atoms with E-state index in [1.807, 2.05) is 59.5 Å². The van der Waals surface area contributed by atoms with Crippen molar-refractivity contribution >= 4 is 33.8 Å². The fraction of sp³-hybridized carbons (Fsp3) is 0.261. The molecule has 1 fully saturated rings. The molecule has 7 nitrogen and oxygen atoms in total. The third-order valence-corrected chi connectivity index (χ3v) is 6.00. The first-order valence-corrected chi connectivity index (χ1v) is 11.1. The zero-order valence-electron chi connectivity index (χ0n) is 17.4. The van der Waals surface area contributed by atoms with Gasteiger partial charge in [-0.25, -0.2) is 4.98 Å². The summed E-state index contributed by atoms with van der Waals surface area (Å²) in [7, 11) is 2.07. The Kier molecular flexibility index (Phi) is 6.59. The van der Waals surface area contributed by atoms with Crippen LogP contribution in [-0.4, -0.2) is 59.8 Å². The molecule has 1 saturated heterocycles. The molecule has 0 atom stereocenters. The van der Waals surface area contributed by atoms with E-state index in [9.17, 15) is 9.59 Å². The lowest BCUT2D eigenvalue weighted by Gasteiger charge is -2.32. The molecule has 1 aromatic heterocycles. The Hall–Kier alpha value is -3.23. The van der Waals surface area contributed by atoms with Gasteiger partial charge in [-0.3, -0.25) is 9.59 Å². The molecule has 3 aromatic rings. The summed E-state index contributed by atoms with van der Waals surface area (Å²) < 4.78 is 0. The summed E-state index contributed by atoms with van der Waals surface area (Å²) in [5.41, 5.74) is 4.53. The van der Waals surface area contributed by atoms with Crippen molar-refractivity contribution in [2.24, 2.45) is 0 Å². The highest BCUT2D eigenvalue weighted by Crippen LogP contribution is 2.24. The van der Waals surface area contributed by atoms with E-state index in [1.54, 1.807) is 5.51 Å². The topological polar surface area (TPSA) is 77.6 Å². The number of anilines is 2. The van der Waals surface area contributed by atoms with Crippen LogP contribution in [0, 0.1) is 0 Å². The highest BCUT2D eigenvalue weighted by molar-refractivity contribution is 7.14. The Morgan fingerprint density at radius 3 is 2.42 bits per heavy atom. The zero-order chi connectivity index (χ0) is 21.6. The lowest BCUT2D eigenvalue weighted by molar-refractivity contribution is 0.0664. The molecule has 31 heavy (non-hydrogen) atoms. The van der Waals surface area contributed by atoms with Crippen LogP contribution < -0.4 is 10.6 Å². The standard InChI is InChI=1S/C23H25N5O2S/c1-27-11-13-28(14-12-27)23(30)18-9-7-17(8-10-18)15-24-21(29)20-22(31-16-25-20)26-19-5-3-2-4-6-19/h2-10,16,26H,11-15H2,1H3,(H,24,29). The maximum absolute atomic E-state index is 12.7. The molecule has 0 radical (unpaired) electrons. The number of hydrogen-bond donors (Lipinski definition) is 2. The molecule has 2 amide bonds. The smallest absolute Gasteiger partial charge is 0.273 e. The Morgan fingerprint density at radius 2 is 1.71 bits per heavy atom. The van der Waals surface area contributed by atoms with Gasteiger partial charge in [0.05, 0.1) is 5.51 Å². The van der Waals surface area contributed by atoms with Crippen molar-refractivity contribution < 1.29 is 9.59 Å². The van der Waals surface area contributed by atoms with E-state index < -0.39 is 0 Å². The molecule has 8 heteroatoms. The first-order chi connectivity index (χ1) is 15.1. The molecule has 1 aliphatic rings. The number of piperazine rings is 1. The molecule has 0 spiro atoms. The summed E-state index contributed by atoms with van der Waals surface area (Å²) in [5.74, 6) is -0.181. The molecule has 2 heterocycles. The number of hydrogen-bond acceptors (Lipinski definition) is 6. The minimum Gasteiger partial charge on any atom is -0.347 e. The number of nitrogens with zero attached hydrogens (tertiary/aromatic N) is 3. The number of rotatable bonds is 6. The van der Waals surface area contributed by atoms with Gasteiger partial charge in [-0.15, -0.1) is 11.3 Å². The quantitative estimate of drug-likeness (QED) is 0.622. The van der Waals surface area contributed by atoms with E-state index in [4.69, 9.17) is 0 Å². The summed E-state index contributed by atoms with van der Waals surface area (Å²) in [6.45, 7) is 3.66. The average molecular weight is 436 g/mol. The molecule has 1 aliphatic heterocycles. The first kappa shape index (κ1) is 21.0. The van der Waals surface area contributed by atoms with E-state index >= 15 is 0 Å². The minimum absolute atomic E-state index is 0.0581. The fourth-order valence-corrected chi connectivity index (χ4v) is 4.07. The van der Waals surface area contributed by atoms with Crippen LogP contribution in [0.4, 0.5) is 10.7 Å². The third-order valence-electron chi connectivity index (χ3n) is 5.26. The molecular formula is C23H25N5O2S. The van der Waals surface area contributed by atoms with Crippen molar-refractivity contribution in [1.82, 2.24) is 20.1 Å². The lowest BCUT2D eigenvalue weighted by Crippen LogP contribution is -2.47. The van der Waals surface area contributed by atoms with Gasteiger partial charge in [0.25, 0.3) is 11.8 Å². The van der Waals surface area contributed by atoms with E-state index in [-0.39, 0.29) is 11.8 Å². The zero-order valence-corrected chi connectivity index (χ0v) is 18.2. The van der Waals surface area contributed by atoms with Gasteiger partial charge in [-0.2, -0.15) is 0 Å². The van der Waals surface area contributed by atoms with Gasteiger partial charge in [0.15, 0.2) is 5.69 Å².